The Kier molecular flexibility index (Phi) is 4.75. The van der Waals surface area contributed by atoms with Crippen LogP contribution in [0.3, 0.4) is 0 Å². The molecular formula is C16H21N5O3. The maximum Gasteiger partial charge on any atom is 0.228 e. The fourth-order valence-corrected chi connectivity index (χ4v) is 2.59. The number of anilines is 1. The van der Waals surface area contributed by atoms with Crippen LogP contribution in [-0.4, -0.2) is 59.9 Å². The van der Waals surface area contributed by atoms with Gasteiger partial charge in [0.15, 0.2) is 0 Å². The number of ether oxygens (including phenoxy) is 1. The minimum Gasteiger partial charge on any atom is -0.368 e. The van der Waals surface area contributed by atoms with Crippen LogP contribution in [0, 0.1) is 6.92 Å². The number of rotatable bonds is 4. The van der Waals surface area contributed by atoms with E-state index in [-0.39, 0.29) is 18.4 Å². The van der Waals surface area contributed by atoms with E-state index in [2.05, 4.69) is 19.9 Å². The molecule has 1 amide bonds. The lowest BCUT2D eigenvalue weighted by Gasteiger charge is -2.33. The van der Waals surface area contributed by atoms with Gasteiger partial charge in [-0.25, -0.2) is 9.61 Å². The highest BCUT2D eigenvalue weighted by atomic mass is 16.6. The molecule has 0 spiro atoms. The van der Waals surface area contributed by atoms with Crippen LogP contribution < -0.4 is 4.90 Å². The van der Waals surface area contributed by atoms with Gasteiger partial charge in [-0.2, -0.15) is 0 Å². The van der Waals surface area contributed by atoms with Crippen LogP contribution in [0.4, 0.5) is 5.82 Å². The number of aromatic nitrogens is 3. The summed E-state index contributed by atoms with van der Waals surface area (Å²) < 4.78 is 10.5. The standard InChI is InChI=1S/C16H21N5O3/c1-11-13(19-24-18-11)9-16(22)21-7-8-23-14(10-21)12-5-4-6-15(17-12)20(2)3/h4-6,14H,7-10H2,1-3H3. The molecule has 8 heteroatoms. The highest BCUT2D eigenvalue weighted by Crippen LogP contribution is 2.23. The minimum atomic E-state index is -0.223. The number of hydrogen-bond donors (Lipinski definition) is 0. The summed E-state index contributed by atoms with van der Waals surface area (Å²) >= 11 is 0. The first-order valence-electron chi connectivity index (χ1n) is 7.86. The van der Waals surface area contributed by atoms with E-state index in [4.69, 9.17) is 4.74 Å². The average Bonchev–Trinajstić information content (AvgIpc) is 3.00. The van der Waals surface area contributed by atoms with Crippen molar-refractivity contribution in [3.8, 4) is 0 Å². The quantitative estimate of drug-likeness (QED) is 0.825. The molecule has 3 heterocycles. The second-order valence-corrected chi connectivity index (χ2v) is 5.99. The molecule has 0 bridgehead atoms. The largest absolute Gasteiger partial charge is 0.368 e. The Hall–Kier alpha value is -2.48. The Balaban J connectivity index is 1.69. The number of aryl methyl sites for hydroxylation is 1. The summed E-state index contributed by atoms with van der Waals surface area (Å²) in [4.78, 5) is 20.8. The van der Waals surface area contributed by atoms with E-state index in [0.717, 1.165) is 11.5 Å². The van der Waals surface area contributed by atoms with Crippen molar-refractivity contribution in [1.82, 2.24) is 20.2 Å². The number of nitrogens with zero attached hydrogens (tertiary/aromatic N) is 5. The molecule has 0 radical (unpaired) electrons. The normalized spacial score (nSPS) is 17.8. The van der Waals surface area contributed by atoms with Gasteiger partial charge in [0, 0.05) is 20.6 Å². The third-order valence-electron chi connectivity index (χ3n) is 4.03. The van der Waals surface area contributed by atoms with Gasteiger partial charge in [0.1, 0.15) is 23.3 Å². The molecule has 1 unspecified atom stereocenters. The lowest BCUT2D eigenvalue weighted by Crippen LogP contribution is -2.43. The van der Waals surface area contributed by atoms with Crippen LogP contribution in [0.25, 0.3) is 0 Å². The molecule has 1 aliphatic rings. The van der Waals surface area contributed by atoms with Crippen molar-refractivity contribution in [3.63, 3.8) is 0 Å². The van der Waals surface area contributed by atoms with Gasteiger partial charge in [0.2, 0.25) is 5.91 Å². The van der Waals surface area contributed by atoms with Gasteiger partial charge >= 0.3 is 0 Å². The first kappa shape index (κ1) is 16.4. The topological polar surface area (TPSA) is 84.6 Å². The van der Waals surface area contributed by atoms with Crippen molar-refractivity contribution in [1.29, 1.82) is 0 Å². The van der Waals surface area contributed by atoms with E-state index >= 15 is 0 Å². The van der Waals surface area contributed by atoms with E-state index in [1.54, 1.807) is 11.8 Å². The molecule has 128 valence electrons. The zero-order chi connectivity index (χ0) is 17.1. The highest BCUT2D eigenvalue weighted by Gasteiger charge is 2.27. The fourth-order valence-electron chi connectivity index (χ4n) is 2.59. The lowest BCUT2D eigenvalue weighted by atomic mass is 10.1. The van der Waals surface area contributed by atoms with E-state index < -0.39 is 0 Å². The van der Waals surface area contributed by atoms with Crippen molar-refractivity contribution in [2.24, 2.45) is 0 Å². The molecule has 1 aliphatic heterocycles. The van der Waals surface area contributed by atoms with Crippen molar-refractivity contribution in [2.75, 3.05) is 38.7 Å². The second-order valence-electron chi connectivity index (χ2n) is 5.99. The highest BCUT2D eigenvalue weighted by molar-refractivity contribution is 5.78. The molecule has 0 aliphatic carbocycles. The Morgan fingerprint density at radius 2 is 2.21 bits per heavy atom. The summed E-state index contributed by atoms with van der Waals surface area (Å²) in [7, 11) is 3.88. The van der Waals surface area contributed by atoms with Gasteiger partial charge in [0.05, 0.1) is 25.3 Å². The van der Waals surface area contributed by atoms with Crippen LogP contribution in [0.2, 0.25) is 0 Å². The third-order valence-corrected chi connectivity index (χ3v) is 4.03. The predicted molar refractivity (Wildman–Crippen MR) is 86.6 cm³/mol. The van der Waals surface area contributed by atoms with Gasteiger partial charge in [-0.3, -0.25) is 4.79 Å². The van der Waals surface area contributed by atoms with Crippen LogP contribution in [0.1, 0.15) is 23.2 Å². The number of pyridine rings is 1. The summed E-state index contributed by atoms with van der Waals surface area (Å²) in [5.74, 6) is 0.856. The number of carbonyl (C=O) groups is 1. The summed E-state index contributed by atoms with van der Waals surface area (Å²) in [6.07, 6.45) is -0.0353. The smallest absolute Gasteiger partial charge is 0.228 e. The Morgan fingerprint density at radius 1 is 1.38 bits per heavy atom. The van der Waals surface area contributed by atoms with Gasteiger partial charge < -0.3 is 14.5 Å². The number of carbonyl (C=O) groups excluding carboxylic acids is 1. The van der Waals surface area contributed by atoms with E-state index in [1.165, 1.54) is 0 Å². The number of morpholine rings is 1. The molecule has 8 nitrogen and oxygen atoms in total. The number of hydrogen-bond acceptors (Lipinski definition) is 7. The molecule has 2 aromatic rings. The van der Waals surface area contributed by atoms with Crippen LogP contribution >= 0.6 is 0 Å². The molecule has 0 aromatic carbocycles. The maximum absolute atomic E-state index is 12.5. The molecular weight excluding hydrogens is 310 g/mol. The molecule has 0 saturated carbocycles. The van der Waals surface area contributed by atoms with E-state index in [9.17, 15) is 4.79 Å². The Morgan fingerprint density at radius 3 is 2.92 bits per heavy atom. The summed E-state index contributed by atoms with van der Waals surface area (Å²) in [6.45, 7) is 3.30. The van der Waals surface area contributed by atoms with Gasteiger partial charge in [-0.05, 0) is 19.1 Å². The van der Waals surface area contributed by atoms with Crippen molar-refractivity contribution in [3.05, 3.63) is 35.3 Å². The molecule has 1 atom stereocenters. The van der Waals surface area contributed by atoms with Crippen molar-refractivity contribution < 1.29 is 14.2 Å². The first-order valence-corrected chi connectivity index (χ1v) is 7.86. The second kappa shape index (κ2) is 6.96. The zero-order valence-corrected chi connectivity index (χ0v) is 14.1. The summed E-state index contributed by atoms with van der Waals surface area (Å²) in [6, 6.07) is 5.82. The van der Waals surface area contributed by atoms with Crippen LogP contribution in [-0.2, 0) is 16.0 Å². The van der Waals surface area contributed by atoms with Crippen LogP contribution in [0.5, 0.6) is 0 Å². The van der Waals surface area contributed by atoms with Crippen molar-refractivity contribution in [2.45, 2.75) is 19.4 Å². The average molecular weight is 331 g/mol. The maximum atomic E-state index is 12.5. The lowest BCUT2D eigenvalue weighted by molar-refractivity contribution is -0.138. The Bertz CT molecular complexity index is 715. The summed E-state index contributed by atoms with van der Waals surface area (Å²) in [5.41, 5.74) is 2.06. The predicted octanol–water partition coefficient (Wildman–Crippen LogP) is 0.982. The molecule has 0 N–H and O–H groups in total. The minimum absolute atomic E-state index is 0.00846. The molecule has 1 saturated heterocycles. The van der Waals surface area contributed by atoms with Gasteiger partial charge in [-0.15, -0.1) is 0 Å². The van der Waals surface area contributed by atoms with Gasteiger partial charge in [0.25, 0.3) is 0 Å². The SMILES string of the molecule is Cc1nonc1CC(=O)N1CCOC(c2cccc(N(C)C)n2)C1. The van der Waals surface area contributed by atoms with Gasteiger partial charge in [-0.1, -0.05) is 16.4 Å². The monoisotopic (exact) mass is 331 g/mol. The molecule has 2 aromatic heterocycles. The summed E-state index contributed by atoms with van der Waals surface area (Å²) in [5, 5.41) is 7.48. The fraction of sp³-hybridized carbons (Fsp3) is 0.500. The molecule has 1 fully saturated rings. The van der Waals surface area contributed by atoms with Crippen molar-refractivity contribution >= 4 is 11.7 Å². The van der Waals surface area contributed by atoms with Crippen LogP contribution in [0.15, 0.2) is 22.8 Å². The van der Waals surface area contributed by atoms with E-state index in [1.807, 2.05) is 37.2 Å². The third kappa shape index (κ3) is 3.53. The number of amides is 1. The molecule has 24 heavy (non-hydrogen) atoms. The Labute approximate surface area is 140 Å². The van der Waals surface area contributed by atoms with E-state index in [0.29, 0.717) is 31.1 Å². The zero-order valence-electron chi connectivity index (χ0n) is 14.1. The molecule has 3 rings (SSSR count). The first-order chi connectivity index (χ1) is 11.5.